The first-order valence-electron chi connectivity index (χ1n) is 12.7. The summed E-state index contributed by atoms with van der Waals surface area (Å²) < 4.78 is 34.0. The number of benzene rings is 3. The predicted octanol–water partition coefficient (Wildman–Crippen LogP) is 4.97. The average Bonchev–Trinajstić information content (AvgIpc) is 2.95. The number of methoxy groups -OCH3 is 1. The number of rotatable bonds is 12. The predicted molar refractivity (Wildman–Crippen MR) is 161 cm³/mol. The Labute approximate surface area is 254 Å². The van der Waals surface area contributed by atoms with E-state index in [0.29, 0.717) is 22.9 Å². The Kier molecular flexibility index (Phi) is 10.8. The van der Waals surface area contributed by atoms with Crippen LogP contribution in [-0.4, -0.2) is 56.3 Å². The fraction of sp³-hybridized carbons (Fsp3) is 0.286. The van der Waals surface area contributed by atoms with Crippen molar-refractivity contribution in [3.8, 4) is 5.75 Å². The number of nitro groups is 1. The summed E-state index contributed by atoms with van der Waals surface area (Å²) >= 11 is 12.4. The topological polar surface area (TPSA) is 139 Å². The van der Waals surface area contributed by atoms with Crippen molar-refractivity contribution in [1.82, 2.24) is 10.2 Å². The fourth-order valence-electron chi connectivity index (χ4n) is 4.09. The van der Waals surface area contributed by atoms with E-state index in [1.807, 2.05) is 0 Å². The lowest BCUT2D eigenvalue weighted by molar-refractivity contribution is -0.385. The highest BCUT2D eigenvalue weighted by molar-refractivity contribution is 7.92. The second-order valence-electron chi connectivity index (χ2n) is 9.24. The molecule has 0 aliphatic rings. The zero-order chi connectivity index (χ0) is 31.2. The van der Waals surface area contributed by atoms with Gasteiger partial charge in [-0.2, -0.15) is 0 Å². The van der Waals surface area contributed by atoms with Gasteiger partial charge in [0.05, 0.1) is 22.6 Å². The molecule has 224 valence electrons. The number of hydrogen-bond acceptors (Lipinski definition) is 7. The number of ether oxygens (including phenoxy) is 1. The van der Waals surface area contributed by atoms with Crippen LogP contribution in [0, 0.1) is 17.0 Å². The summed E-state index contributed by atoms with van der Waals surface area (Å²) in [4.78, 5) is 38.5. The minimum absolute atomic E-state index is 0.0996. The van der Waals surface area contributed by atoms with Gasteiger partial charge in [-0.3, -0.25) is 24.0 Å². The van der Waals surface area contributed by atoms with Crippen molar-refractivity contribution in [3.63, 3.8) is 0 Å². The Balaban J connectivity index is 2.11. The summed E-state index contributed by atoms with van der Waals surface area (Å²) in [5, 5.41) is 14.9. The zero-order valence-electron chi connectivity index (χ0n) is 23.3. The third kappa shape index (κ3) is 7.50. The van der Waals surface area contributed by atoms with E-state index in [1.165, 1.54) is 68.3 Å². The lowest BCUT2D eigenvalue weighted by Crippen LogP contribution is -2.51. The fourth-order valence-corrected chi connectivity index (χ4v) is 5.99. The Bertz CT molecular complexity index is 1580. The van der Waals surface area contributed by atoms with Gasteiger partial charge in [0.25, 0.3) is 15.7 Å². The van der Waals surface area contributed by atoms with E-state index in [4.69, 9.17) is 27.9 Å². The van der Waals surface area contributed by atoms with Crippen LogP contribution in [0.25, 0.3) is 0 Å². The largest absolute Gasteiger partial charge is 0.497 e. The SMILES string of the molecule is CCNC(=O)[C@H](C)N(Cc1ccc(Cl)cc1Cl)C(=O)CN(c1ccc(OC)cc1)S(=O)(=O)c1ccc(C)c([N+](=O)[O-])c1. The van der Waals surface area contributed by atoms with E-state index >= 15 is 0 Å². The van der Waals surface area contributed by atoms with Crippen LogP contribution in [0.2, 0.25) is 10.0 Å². The minimum atomic E-state index is -4.52. The quantitative estimate of drug-likeness (QED) is 0.219. The van der Waals surface area contributed by atoms with E-state index in [-0.39, 0.29) is 33.4 Å². The molecule has 0 radical (unpaired) electrons. The zero-order valence-corrected chi connectivity index (χ0v) is 25.7. The monoisotopic (exact) mass is 636 g/mol. The maximum absolute atomic E-state index is 14.0. The summed E-state index contributed by atoms with van der Waals surface area (Å²) in [7, 11) is -3.08. The van der Waals surface area contributed by atoms with Gasteiger partial charge < -0.3 is 15.0 Å². The van der Waals surface area contributed by atoms with Crippen molar-refractivity contribution in [2.45, 2.75) is 38.3 Å². The molecule has 42 heavy (non-hydrogen) atoms. The number of likely N-dealkylation sites (N-methyl/N-ethyl adjacent to an activating group) is 1. The lowest BCUT2D eigenvalue weighted by atomic mass is 10.1. The molecule has 0 heterocycles. The summed E-state index contributed by atoms with van der Waals surface area (Å²) in [6, 6.07) is 13.1. The van der Waals surface area contributed by atoms with E-state index in [0.717, 1.165) is 10.4 Å². The smallest absolute Gasteiger partial charge is 0.273 e. The number of hydrogen-bond donors (Lipinski definition) is 1. The van der Waals surface area contributed by atoms with Crippen molar-refractivity contribution in [3.05, 3.63) is 92.0 Å². The number of nitrogens with one attached hydrogen (secondary N) is 1. The number of sulfonamides is 1. The van der Waals surface area contributed by atoms with Crippen molar-refractivity contribution >= 4 is 56.4 Å². The molecule has 1 N–H and O–H groups in total. The van der Waals surface area contributed by atoms with Crippen LogP contribution in [0.3, 0.4) is 0 Å². The summed E-state index contributed by atoms with van der Waals surface area (Å²) in [5.41, 5.74) is 0.467. The maximum Gasteiger partial charge on any atom is 0.273 e. The van der Waals surface area contributed by atoms with Gasteiger partial charge in [-0.05, 0) is 68.8 Å². The molecular weight excluding hydrogens is 607 g/mol. The molecule has 0 bridgehead atoms. The van der Waals surface area contributed by atoms with Gasteiger partial charge in [0.2, 0.25) is 11.8 Å². The molecule has 0 aromatic heterocycles. The molecule has 11 nitrogen and oxygen atoms in total. The molecule has 3 aromatic carbocycles. The van der Waals surface area contributed by atoms with E-state index in [9.17, 15) is 28.1 Å². The van der Waals surface area contributed by atoms with Gasteiger partial charge in [-0.1, -0.05) is 35.3 Å². The minimum Gasteiger partial charge on any atom is -0.497 e. The van der Waals surface area contributed by atoms with E-state index in [1.54, 1.807) is 19.1 Å². The Morgan fingerprint density at radius 2 is 1.74 bits per heavy atom. The van der Waals surface area contributed by atoms with E-state index in [2.05, 4.69) is 5.32 Å². The van der Waals surface area contributed by atoms with Crippen molar-refractivity contribution in [2.75, 3.05) is 24.5 Å². The molecule has 0 aliphatic carbocycles. The molecule has 0 unspecified atom stereocenters. The number of halogens is 2. The summed E-state index contributed by atoms with van der Waals surface area (Å²) in [5.74, 6) is -0.734. The maximum atomic E-state index is 14.0. The average molecular weight is 638 g/mol. The second-order valence-corrected chi connectivity index (χ2v) is 11.9. The highest BCUT2D eigenvalue weighted by Gasteiger charge is 2.33. The molecule has 14 heteroatoms. The highest BCUT2D eigenvalue weighted by atomic mass is 35.5. The van der Waals surface area contributed by atoms with Gasteiger partial charge in [-0.15, -0.1) is 0 Å². The van der Waals surface area contributed by atoms with Gasteiger partial charge in [0.15, 0.2) is 0 Å². The number of aryl methyl sites for hydroxylation is 1. The molecule has 2 amide bonds. The van der Waals surface area contributed by atoms with Crippen molar-refractivity contribution in [2.24, 2.45) is 0 Å². The summed E-state index contributed by atoms with van der Waals surface area (Å²) in [6.07, 6.45) is 0. The molecule has 0 aliphatic heterocycles. The first kappa shape index (κ1) is 32.6. The second kappa shape index (κ2) is 13.9. The summed E-state index contributed by atoms with van der Waals surface area (Å²) in [6.45, 7) is 4.19. The molecule has 0 fully saturated rings. The number of anilines is 1. The molecule has 3 rings (SSSR count). The number of carbonyl (C=O) groups excluding carboxylic acids is 2. The molecule has 1 atom stereocenters. The molecule has 0 spiro atoms. The van der Waals surface area contributed by atoms with Crippen LogP contribution in [-0.2, 0) is 26.2 Å². The Morgan fingerprint density at radius 1 is 1.07 bits per heavy atom. The third-order valence-corrected chi connectivity index (χ3v) is 8.84. The third-order valence-electron chi connectivity index (χ3n) is 6.48. The van der Waals surface area contributed by atoms with E-state index < -0.39 is 39.3 Å². The lowest BCUT2D eigenvalue weighted by Gasteiger charge is -2.32. The van der Waals surface area contributed by atoms with Crippen molar-refractivity contribution in [1.29, 1.82) is 0 Å². The van der Waals surface area contributed by atoms with Crippen LogP contribution in [0.1, 0.15) is 25.0 Å². The van der Waals surface area contributed by atoms with Crippen LogP contribution in [0.15, 0.2) is 65.6 Å². The number of carbonyl (C=O) groups is 2. The molecule has 0 saturated carbocycles. The normalized spacial score (nSPS) is 11.9. The number of nitrogens with zero attached hydrogens (tertiary/aromatic N) is 3. The molecular formula is C28H30Cl2N4O7S. The Morgan fingerprint density at radius 3 is 2.31 bits per heavy atom. The number of amides is 2. The highest BCUT2D eigenvalue weighted by Crippen LogP contribution is 2.30. The van der Waals surface area contributed by atoms with Gasteiger partial charge in [-0.25, -0.2) is 8.42 Å². The standard InChI is InChI=1S/C28H30Cl2N4O7S/c1-5-31-28(36)19(3)32(16-20-7-8-21(29)14-25(20)30)27(35)17-33(22-9-11-23(41-4)12-10-22)42(39,40)24-13-6-18(2)26(15-24)34(37)38/h6-15,19H,5,16-17H2,1-4H3,(H,31,36)/t19-/m0/s1. The van der Waals surface area contributed by atoms with Gasteiger partial charge >= 0.3 is 0 Å². The van der Waals surface area contributed by atoms with Crippen LogP contribution >= 0.6 is 23.2 Å². The first-order valence-corrected chi connectivity index (χ1v) is 14.9. The number of nitro benzene ring substituents is 1. The van der Waals surface area contributed by atoms with Gasteiger partial charge in [0, 0.05) is 34.8 Å². The first-order chi connectivity index (χ1) is 19.8. The van der Waals surface area contributed by atoms with Crippen LogP contribution < -0.4 is 14.4 Å². The molecule has 3 aromatic rings. The Hall–Kier alpha value is -3.87. The van der Waals surface area contributed by atoms with Crippen LogP contribution in [0.4, 0.5) is 11.4 Å². The van der Waals surface area contributed by atoms with Crippen molar-refractivity contribution < 1.29 is 27.7 Å². The van der Waals surface area contributed by atoms with Crippen LogP contribution in [0.5, 0.6) is 5.75 Å². The molecule has 0 saturated heterocycles. The van der Waals surface area contributed by atoms with Gasteiger partial charge in [0.1, 0.15) is 18.3 Å².